The SMILES string of the molecule is COc1ccc2nc(NC(=O)Cn3c(N)nnc3SCc3ccccc3)sc2c1. The highest BCUT2D eigenvalue weighted by molar-refractivity contribution is 7.98. The Morgan fingerprint density at radius 2 is 2.07 bits per heavy atom. The summed E-state index contributed by atoms with van der Waals surface area (Å²) in [5.74, 6) is 1.41. The molecule has 0 unspecified atom stereocenters. The van der Waals surface area contributed by atoms with Gasteiger partial charge in [0.2, 0.25) is 11.9 Å². The highest BCUT2D eigenvalue weighted by atomic mass is 32.2. The van der Waals surface area contributed by atoms with Gasteiger partial charge >= 0.3 is 0 Å². The van der Waals surface area contributed by atoms with Crippen molar-refractivity contribution in [2.45, 2.75) is 17.5 Å². The third-order valence-electron chi connectivity index (χ3n) is 4.10. The van der Waals surface area contributed by atoms with Gasteiger partial charge in [-0.15, -0.1) is 10.2 Å². The van der Waals surface area contributed by atoms with E-state index >= 15 is 0 Å². The number of carbonyl (C=O) groups excluding carboxylic acids is 1. The van der Waals surface area contributed by atoms with Crippen LogP contribution in [0.1, 0.15) is 5.56 Å². The number of carbonyl (C=O) groups is 1. The monoisotopic (exact) mass is 426 g/mol. The Hall–Kier alpha value is -3.11. The predicted molar refractivity (Wildman–Crippen MR) is 115 cm³/mol. The normalized spacial score (nSPS) is 10.9. The zero-order chi connectivity index (χ0) is 20.2. The number of amides is 1. The molecule has 3 N–H and O–H groups in total. The molecule has 4 aromatic rings. The lowest BCUT2D eigenvalue weighted by Crippen LogP contribution is -2.20. The Kier molecular flexibility index (Phi) is 5.63. The van der Waals surface area contributed by atoms with Gasteiger partial charge in [-0.05, 0) is 23.8 Å². The zero-order valence-corrected chi connectivity index (χ0v) is 17.2. The molecule has 8 nitrogen and oxygen atoms in total. The van der Waals surface area contributed by atoms with Crippen molar-refractivity contribution in [3.63, 3.8) is 0 Å². The first-order chi connectivity index (χ1) is 14.1. The third-order valence-corrected chi connectivity index (χ3v) is 6.07. The van der Waals surface area contributed by atoms with Gasteiger partial charge in [-0.2, -0.15) is 0 Å². The van der Waals surface area contributed by atoms with E-state index in [4.69, 9.17) is 10.5 Å². The van der Waals surface area contributed by atoms with Gasteiger partial charge in [-0.25, -0.2) is 4.98 Å². The van der Waals surface area contributed by atoms with E-state index in [1.165, 1.54) is 23.1 Å². The second kappa shape index (κ2) is 8.50. The van der Waals surface area contributed by atoms with Crippen LogP contribution in [0.4, 0.5) is 11.1 Å². The molecule has 148 valence electrons. The fraction of sp³-hybridized carbons (Fsp3) is 0.158. The minimum Gasteiger partial charge on any atom is -0.497 e. The molecule has 0 aliphatic heterocycles. The standard InChI is InChI=1S/C19H18N6O2S2/c1-27-13-7-8-14-15(9-13)29-18(21-14)22-16(26)10-25-17(20)23-24-19(25)28-11-12-5-3-2-4-6-12/h2-9H,10-11H2,1H3,(H2,20,23)(H,21,22,26). The lowest BCUT2D eigenvalue weighted by Gasteiger charge is -2.07. The van der Waals surface area contributed by atoms with Crippen LogP contribution < -0.4 is 15.8 Å². The first-order valence-electron chi connectivity index (χ1n) is 8.72. The van der Waals surface area contributed by atoms with Gasteiger partial charge in [0.1, 0.15) is 12.3 Å². The highest BCUT2D eigenvalue weighted by Crippen LogP contribution is 2.29. The summed E-state index contributed by atoms with van der Waals surface area (Å²) in [6.07, 6.45) is 0. The summed E-state index contributed by atoms with van der Waals surface area (Å²) in [7, 11) is 1.61. The number of nitrogens with two attached hydrogens (primary N) is 1. The van der Waals surface area contributed by atoms with Crippen LogP contribution in [0.5, 0.6) is 5.75 Å². The van der Waals surface area contributed by atoms with Crippen LogP contribution in [0.2, 0.25) is 0 Å². The van der Waals surface area contributed by atoms with E-state index in [0.29, 0.717) is 16.0 Å². The lowest BCUT2D eigenvalue weighted by atomic mass is 10.2. The van der Waals surface area contributed by atoms with E-state index in [9.17, 15) is 4.79 Å². The Balaban J connectivity index is 1.44. The Morgan fingerprint density at radius 1 is 1.24 bits per heavy atom. The van der Waals surface area contributed by atoms with Crippen molar-refractivity contribution in [2.75, 3.05) is 18.2 Å². The third kappa shape index (κ3) is 4.49. The molecule has 0 saturated carbocycles. The molecule has 2 aromatic heterocycles. The average Bonchev–Trinajstić information content (AvgIpc) is 3.29. The topological polar surface area (TPSA) is 108 Å². The van der Waals surface area contributed by atoms with Crippen molar-refractivity contribution in [3.05, 3.63) is 54.1 Å². The number of thioether (sulfide) groups is 1. The van der Waals surface area contributed by atoms with E-state index in [-0.39, 0.29) is 18.4 Å². The number of aromatic nitrogens is 4. The minimum atomic E-state index is -0.246. The van der Waals surface area contributed by atoms with E-state index in [2.05, 4.69) is 20.5 Å². The van der Waals surface area contributed by atoms with Crippen LogP contribution in [0.25, 0.3) is 10.2 Å². The number of benzene rings is 2. The molecule has 0 atom stereocenters. The first-order valence-corrected chi connectivity index (χ1v) is 10.5. The molecular formula is C19H18N6O2S2. The molecule has 10 heteroatoms. The second-order valence-corrected chi connectivity index (χ2v) is 8.08. The first kappa shape index (κ1) is 19.2. The maximum Gasteiger partial charge on any atom is 0.246 e. The largest absolute Gasteiger partial charge is 0.497 e. The summed E-state index contributed by atoms with van der Waals surface area (Å²) in [6.45, 7) is 0.00913. The van der Waals surface area contributed by atoms with Crippen LogP contribution in [0, 0.1) is 0 Å². The fourth-order valence-electron chi connectivity index (χ4n) is 2.67. The molecule has 0 aliphatic carbocycles. The molecule has 0 spiro atoms. The molecule has 4 rings (SSSR count). The van der Waals surface area contributed by atoms with Crippen molar-refractivity contribution in [2.24, 2.45) is 0 Å². The van der Waals surface area contributed by atoms with Gasteiger partial charge in [0.25, 0.3) is 0 Å². The number of hydrogen-bond acceptors (Lipinski definition) is 8. The Labute approximate surface area is 175 Å². The molecule has 0 aliphatic rings. The second-order valence-electron chi connectivity index (χ2n) is 6.10. The molecule has 29 heavy (non-hydrogen) atoms. The van der Waals surface area contributed by atoms with Gasteiger partial charge in [-0.3, -0.25) is 9.36 Å². The van der Waals surface area contributed by atoms with Gasteiger partial charge in [0.15, 0.2) is 10.3 Å². The maximum atomic E-state index is 12.5. The average molecular weight is 427 g/mol. The molecule has 0 radical (unpaired) electrons. The summed E-state index contributed by atoms with van der Waals surface area (Å²) in [5, 5.41) is 11.9. The number of fused-ring (bicyclic) bond motifs is 1. The van der Waals surface area contributed by atoms with E-state index < -0.39 is 0 Å². The maximum absolute atomic E-state index is 12.5. The number of hydrogen-bond donors (Lipinski definition) is 2. The number of rotatable bonds is 7. The van der Waals surface area contributed by atoms with Crippen molar-refractivity contribution < 1.29 is 9.53 Å². The van der Waals surface area contributed by atoms with Crippen molar-refractivity contribution in [1.82, 2.24) is 19.7 Å². The number of thiazole rings is 1. The Bertz CT molecular complexity index is 1140. The summed E-state index contributed by atoms with van der Waals surface area (Å²) < 4.78 is 7.75. The van der Waals surface area contributed by atoms with E-state index in [1.54, 1.807) is 11.7 Å². The smallest absolute Gasteiger partial charge is 0.246 e. The Morgan fingerprint density at radius 3 is 2.86 bits per heavy atom. The number of anilines is 2. The summed E-state index contributed by atoms with van der Waals surface area (Å²) >= 11 is 2.86. The van der Waals surface area contributed by atoms with Gasteiger partial charge < -0.3 is 15.8 Å². The number of ether oxygens (including phenoxy) is 1. The number of nitrogen functional groups attached to an aromatic ring is 1. The van der Waals surface area contributed by atoms with Crippen LogP contribution >= 0.6 is 23.1 Å². The van der Waals surface area contributed by atoms with Crippen molar-refractivity contribution in [1.29, 1.82) is 0 Å². The zero-order valence-electron chi connectivity index (χ0n) is 15.5. The van der Waals surface area contributed by atoms with E-state index in [0.717, 1.165) is 21.5 Å². The van der Waals surface area contributed by atoms with Crippen LogP contribution in [-0.4, -0.2) is 32.8 Å². The molecule has 2 heterocycles. The number of methoxy groups -OCH3 is 1. The van der Waals surface area contributed by atoms with Crippen molar-refractivity contribution >= 4 is 50.3 Å². The van der Waals surface area contributed by atoms with Gasteiger partial charge in [0.05, 0.1) is 17.3 Å². The van der Waals surface area contributed by atoms with Gasteiger partial charge in [0, 0.05) is 5.75 Å². The molecule has 0 saturated heterocycles. The summed E-state index contributed by atoms with van der Waals surface area (Å²) in [4.78, 5) is 17.0. The molecule has 0 fully saturated rings. The van der Waals surface area contributed by atoms with Gasteiger partial charge in [-0.1, -0.05) is 53.4 Å². The summed E-state index contributed by atoms with van der Waals surface area (Å²) in [5.41, 5.74) is 7.87. The van der Waals surface area contributed by atoms with Crippen LogP contribution in [-0.2, 0) is 17.1 Å². The number of nitrogens with one attached hydrogen (secondary N) is 1. The molecule has 2 aromatic carbocycles. The quantitative estimate of drug-likeness (QED) is 0.436. The predicted octanol–water partition coefficient (Wildman–Crippen LogP) is 3.41. The highest BCUT2D eigenvalue weighted by Gasteiger charge is 2.15. The van der Waals surface area contributed by atoms with E-state index in [1.807, 2.05) is 48.5 Å². The lowest BCUT2D eigenvalue weighted by molar-refractivity contribution is -0.116. The summed E-state index contributed by atoms with van der Waals surface area (Å²) in [6, 6.07) is 15.6. The minimum absolute atomic E-state index is 0.00913. The fourth-order valence-corrected chi connectivity index (χ4v) is 4.48. The number of nitrogens with zero attached hydrogens (tertiary/aromatic N) is 4. The molecule has 0 bridgehead atoms. The molecular weight excluding hydrogens is 408 g/mol. The van der Waals surface area contributed by atoms with Crippen LogP contribution in [0.15, 0.2) is 53.7 Å². The molecule has 1 amide bonds. The van der Waals surface area contributed by atoms with Crippen molar-refractivity contribution in [3.8, 4) is 5.75 Å². The van der Waals surface area contributed by atoms with Crippen LogP contribution in [0.3, 0.4) is 0 Å².